The van der Waals surface area contributed by atoms with Crippen molar-refractivity contribution in [2.75, 3.05) is 12.4 Å². The summed E-state index contributed by atoms with van der Waals surface area (Å²) in [4.78, 5) is 27.0. The fourth-order valence-electron chi connectivity index (χ4n) is 6.26. The second kappa shape index (κ2) is 14.0. The van der Waals surface area contributed by atoms with Gasteiger partial charge in [-0.15, -0.1) is 0 Å². The van der Waals surface area contributed by atoms with Crippen LogP contribution in [0.25, 0.3) is 33.2 Å². The molecule has 260 valence electrons. The fourth-order valence-corrected chi connectivity index (χ4v) is 6.26. The van der Waals surface area contributed by atoms with Gasteiger partial charge in [0.05, 0.1) is 11.0 Å². The van der Waals surface area contributed by atoms with Gasteiger partial charge in [-0.25, -0.2) is 4.79 Å². The topological polar surface area (TPSA) is 183 Å². The molecule has 0 radical (unpaired) electrons. The Morgan fingerprint density at radius 3 is 2.10 bits per heavy atom. The number of aliphatic hydroxyl groups is 2. The van der Waals surface area contributed by atoms with Crippen LogP contribution >= 0.6 is 0 Å². The minimum absolute atomic E-state index is 0.00931. The van der Waals surface area contributed by atoms with Crippen LogP contribution in [0.2, 0.25) is 0 Å². The molecular formula is C38H38N2O10. The minimum atomic E-state index is -1.70. The standard InChI is InChI=1S/C38H38N2O10/c1-20-27(47-36-30(42)32(49-37(39)45)33(46-4)38(2,3)50-36)16-15-26-29(41)28(35(44)48-31(20)26)40-34(43)25-18-23(21-11-7-5-8-12-21)17-24(19-25)22-13-9-6-10-14-22/h5-19,30,32-33,36-37,41-42,45H,39H2,1-4H3,(H,40,43)/t30-,32+,33-,36-,37?/m1/s1. The molecule has 0 bridgehead atoms. The van der Waals surface area contributed by atoms with Crippen LogP contribution in [-0.4, -0.2) is 65.0 Å². The molecule has 12 heteroatoms. The van der Waals surface area contributed by atoms with Gasteiger partial charge in [-0.1, -0.05) is 60.7 Å². The first-order chi connectivity index (χ1) is 23.9. The number of aliphatic hydroxyl groups excluding tert-OH is 2. The van der Waals surface area contributed by atoms with Crippen LogP contribution in [-0.2, 0) is 14.2 Å². The number of carbonyl (C=O) groups excluding carboxylic acids is 1. The maximum Gasteiger partial charge on any atom is 0.364 e. The molecule has 12 nitrogen and oxygen atoms in total. The number of hydrogen-bond donors (Lipinski definition) is 5. The molecule has 1 unspecified atom stereocenters. The van der Waals surface area contributed by atoms with Crippen molar-refractivity contribution in [1.29, 1.82) is 0 Å². The van der Waals surface area contributed by atoms with Crippen molar-refractivity contribution < 1.29 is 43.5 Å². The molecule has 1 aromatic heterocycles. The maximum absolute atomic E-state index is 13.7. The summed E-state index contributed by atoms with van der Waals surface area (Å²) in [6.45, 7) is 4.99. The zero-order valence-corrected chi connectivity index (χ0v) is 27.8. The quantitative estimate of drug-likeness (QED) is 0.105. The average molecular weight is 683 g/mol. The van der Waals surface area contributed by atoms with E-state index in [1.165, 1.54) is 19.2 Å². The number of aromatic hydroxyl groups is 1. The second-order valence-corrected chi connectivity index (χ2v) is 12.5. The van der Waals surface area contributed by atoms with Gasteiger partial charge in [-0.05, 0) is 73.4 Å². The number of nitrogens with one attached hydrogen (secondary N) is 1. The molecule has 1 fully saturated rings. The number of fused-ring (bicyclic) bond motifs is 1. The highest BCUT2D eigenvalue weighted by atomic mass is 16.7. The summed E-state index contributed by atoms with van der Waals surface area (Å²) in [5.74, 6) is -0.964. The van der Waals surface area contributed by atoms with E-state index in [9.17, 15) is 24.9 Å². The van der Waals surface area contributed by atoms with Gasteiger partial charge < -0.3 is 44.0 Å². The predicted molar refractivity (Wildman–Crippen MR) is 186 cm³/mol. The highest BCUT2D eigenvalue weighted by molar-refractivity contribution is 6.08. The third-order valence-electron chi connectivity index (χ3n) is 8.71. The highest BCUT2D eigenvalue weighted by Gasteiger charge is 2.52. The summed E-state index contributed by atoms with van der Waals surface area (Å²) in [6, 6.07) is 27.5. The smallest absolute Gasteiger partial charge is 0.364 e. The van der Waals surface area contributed by atoms with Crippen molar-refractivity contribution in [1.82, 2.24) is 0 Å². The number of amides is 1. The van der Waals surface area contributed by atoms with Crippen molar-refractivity contribution in [2.45, 2.75) is 57.4 Å². The third kappa shape index (κ3) is 6.85. The number of methoxy groups -OCH3 is 1. The van der Waals surface area contributed by atoms with Crippen LogP contribution in [0.5, 0.6) is 11.5 Å². The van der Waals surface area contributed by atoms with Crippen LogP contribution < -0.4 is 21.4 Å². The molecule has 1 aliphatic heterocycles. The lowest BCUT2D eigenvalue weighted by Crippen LogP contribution is -2.65. The molecule has 5 aromatic rings. The summed E-state index contributed by atoms with van der Waals surface area (Å²) in [7, 11) is 1.41. The van der Waals surface area contributed by atoms with Crippen molar-refractivity contribution in [3.63, 3.8) is 0 Å². The molecule has 0 spiro atoms. The van der Waals surface area contributed by atoms with Crippen LogP contribution in [0.15, 0.2) is 100 Å². The largest absolute Gasteiger partial charge is 0.505 e. The van der Waals surface area contributed by atoms with Gasteiger partial charge in [0.25, 0.3) is 5.91 Å². The Kier molecular flexibility index (Phi) is 9.76. The van der Waals surface area contributed by atoms with E-state index in [-0.39, 0.29) is 22.3 Å². The normalized spacial score (nSPS) is 20.7. The molecular weight excluding hydrogens is 644 g/mol. The maximum atomic E-state index is 13.7. The van der Waals surface area contributed by atoms with E-state index < -0.39 is 59.6 Å². The van der Waals surface area contributed by atoms with Crippen LogP contribution in [0, 0.1) is 6.92 Å². The molecule has 6 N–H and O–H groups in total. The molecule has 1 saturated heterocycles. The van der Waals surface area contributed by atoms with Gasteiger partial charge in [0.15, 0.2) is 11.4 Å². The molecule has 1 aliphatic rings. The predicted octanol–water partition coefficient (Wildman–Crippen LogP) is 4.90. The van der Waals surface area contributed by atoms with E-state index in [1.54, 1.807) is 32.9 Å². The molecule has 2 heterocycles. The molecule has 1 amide bonds. The van der Waals surface area contributed by atoms with Gasteiger partial charge in [0, 0.05) is 18.2 Å². The Labute approximate surface area is 287 Å². The lowest BCUT2D eigenvalue weighted by atomic mass is 9.89. The fraction of sp³-hybridized carbons (Fsp3) is 0.263. The van der Waals surface area contributed by atoms with Gasteiger partial charge >= 0.3 is 5.63 Å². The Morgan fingerprint density at radius 1 is 0.940 bits per heavy atom. The molecule has 6 rings (SSSR count). The summed E-state index contributed by atoms with van der Waals surface area (Å²) >= 11 is 0. The summed E-state index contributed by atoms with van der Waals surface area (Å²) in [5.41, 5.74) is 6.89. The molecule has 4 aromatic carbocycles. The number of aryl methyl sites for hydroxylation is 1. The highest BCUT2D eigenvalue weighted by Crippen LogP contribution is 2.39. The first-order valence-electron chi connectivity index (χ1n) is 15.9. The number of ether oxygens (including phenoxy) is 4. The number of carbonyl (C=O) groups is 1. The molecule has 0 saturated carbocycles. The van der Waals surface area contributed by atoms with Gasteiger partial charge in [0.2, 0.25) is 12.7 Å². The first kappa shape index (κ1) is 34.8. The van der Waals surface area contributed by atoms with Gasteiger partial charge in [-0.3, -0.25) is 10.5 Å². The average Bonchev–Trinajstić information content (AvgIpc) is 3.10. The molecule has 50 heavy (non-hydrogen) atoms. The van der Waals surface area contributed by atoms with E-state index in [2.05, 4.69) is 5.32 Å². The SMILES string of the molecule is CO[C@@H]1[C@@H](OC(N)O)[C@@H](O)[C@H](Oc2ccc3c(O)c(NC(=O)c4cc(-c5ccccc5)cc(-c5ccccc5)c4)c(=O)oc3c2C)OC1(C)C. The minimum Gasteiger partial charge on any atom is -0.505 e. The van der Waals surface area contributed by atoms with Crippen LogP contribution in [0.3, 0.4) is 0 Å². The van der Waals surface area contributed by atoms with Crippen molar-refractivity contribution in [3.05, 3.63) is 113 Å². The third-order valence-corrected chi connectivity index (χ3v) is 8.71. The van der Waals surface area contributed by atoms with E-state index in [1.807, 2.05) is 66.7 Å². The molecule has 5 atom stereocenters. The molecule has 0 aliphatic carbocycles. The van der Waals surface area contributed by atoms with E-state index >= 15 is 0 Å². The van der Waals surface area contributed by atoms with Crippen molar-refractivity contribution >= 4 is 22.6 Å². The van der Waals surface area contributed by atoms with E-state index in [0.717, 1.165) is 22.3 Å². The van der Waals surface area contributed by atoms with E-state index in [0.29, 0.717) is 5.56 Å². The van der Waals surface area contributed by atoms with Crippen LogP contribution in [0.4, 0.5) is 5.69 Å². The lowest BCUT2D eigenvalue weighted by molar-refractivity contribution is -0.329. The lowest BCUT2D eigenvalue weighted by Gasteiger charge is -2.48. The monoisotopic (exact) mass is 682 g/mol. The number of anilines is 1. The van der Waals surface area contributed by atoms with Gasteiger partial charge in [0.1, 0.15) is 29.6 Å². The van der Waals surface area contributed by atoms with E-state index in [4.69, 9.17) is 29.1 Å². The zero-order valence-electron chi connectivity index (χ0n) is 27.8. The van der Waals surface area contributed by atoms with Crippen molar-refractivity contribution in [3.8, 4) is 33.8 Å². The number of benzene rings is 4. The Balaban J connectivity index is 1.31. The second-order valence-electron chi connectivity index (χ2n) is 12.5. The van der Waals surface area contributed by atoms with Crippen molar-refractivity contribution in [2.24, 2.45) is 5.73 Å². The zero-order chi connectivity index (χ0) is 35.7. The number of nitrogens with two attached hydrogens (primary N) is 1. The van der Waals surface area contributed by atoms with Crippen LogP contribution in [0.1, 0.15) is 29.8 Å². The summed E-state index contributed by atoms with van der Waals surface area (Å²) in [5, 5.41) is 34.7. The first-order valence-corrected chi connectivity index (χ1v) is 15.9. The van der Waals surface area contributed by atoms with Gasteiger partial charge in [-0.2, -0.15) is 0 Å². The number of hydrogen-bond acceptors (Lipinski definition) is 11. The Hall–Kier alpha value is -5.08. The number of rotatable bonds is 9. The summed E-state index contributed by atoms with van der Waals surface area (Å²) in [6.07, 6.45) is -6.41. The Bertz CT molecular complexity index is 2010. The Morgan fingerprint density at radius 2 is 1.54 bits per heavy atom. The summed E-state index contributed by atoms with van der Waals surface area (Å²) < 4.78 is 28.5.